The van der Waals surface area contributed by atoms with E-state index in [-0.39, 0.29) is 12.6 Å². The number of hydrogen-bond acceptors (Lipinski definition) is 3. The summed E-state index contributed by atoms with van der Waals surface area (Å²) < 4.78 is 5.34. The minimum absolute atomic E-state index is 0.124. The van der Waals surface area contributed by atoms with Crippen LogP contribution in [0.1, 0.15) is 38.5 Å². The lowest BCUT2D eigenvalue weighted by Gasteiger charge is -2.27. The van der Waals surface area contributed by atoms with Crippen LogP contribution in [0.15, 0.2) is 24.3 Å². The van der Waals surface area contributed by atoms with Crippen molar-refractivity contribution in [2.75, 3.05) is 19.0 Å². The number of para-hydroxylation sites is 2. The zero-order valence-electron chi connectivity index (χ0n) is 11.8. The zero-order valence-corrected chi connectivity index (χ0v) is 11.8. The van der Waals surface area contributed by atoms with Crippen LogP contribution in [-0.2, 0) is 0 Å². The molecule has 0 amide bonds. The maximum absolute atomic E-state index is 9.58. The van der Waals surface area contributed by atoms with E-state index >= 15 is 0 Å². The fraction of sp³-hybridized carbons (Fsp3) is 0.625. The third-order valence-corrected chi connectivity index (χ3v) is 4.03. The van der Waals surface area contributed by atoms with Crippen molar-refractivity contribution in [3.63, 3.8) is 0 Å². The van der Waals surface area contributed by atoms with Crippen LogP contribution in [0.3, 0.4) is 0 Å². The molecule has 2 N–H and O–H groups in total. The summed E-state index contributed by atoms with van der Waals surface area (Å²) >= 11 is 0. The molecule has 0 bridgehead atoms. The van der Waals surface area contributed by atoms with E-state index in [1.807, 2.05) is 24.3 Å². The van der Waals surface area contributed by atoms with Gasteiger partial charge in [0.15, 0.2) is 0 Å². The molecule has 19 heavy (non-hydrogen) atoms. The van der Waals surface area contributed by atoms with E-state index in [0.29, 0.717) is 0 Å². The molecule has 0 spiro atoms. The normalized spacial score (nSPS) is 18.0. The summed E-state index contributed by atoms with van der Waals surface area (Å²) in [4.78, 5) is 0. The maximum Gasteiger partial charge on any atom is 0.141 e. The topological polar surface area (TPSA) is 41.5 Å². The van der Waals surface area contributed by atoms with Crippen molar-refractivity contribution in [2.24, 2.45) is 5.92 Å². The van der Waals surface area contributed by atoms with Crippen LogP contribution >= 0.6 is 0 Å². The Labute approximate surface area is 116 Å². The van der Waals surface area contributed by atoms with Gasteiger partial charge in [-0.2, -0.15) is 0 Å². The molecule has 1 fully saturated rings. The molecule has 1 aliphatic rings. The molecular weight excluding hydrogens is 238 g/mol. The number of benzene rings is 1. The smallest absolute Gasteiger partial charge is 0.141 e. The van der Waals surface area contributed by atoms with Crippen molar-refractivity contribution < 1.29 is 9.84 Å². The highest BCUT2D eigenvalue weighted by atomic mass is 16.5. The largest absolute Gasteiger partial charge is 0.495 e. The summed E-state index contributed by atoms with van der Waals surface area (Å²) in [5.41, 5.74) is 0.972. The summed E-state index contributed by atoms with van der Waals surface area (Å²) in [6.45, 7) is 0.175. The van der Waals surface area contributed by atoms with Crippen molar-refractivity contribution in [3.05, 3.63) is 24.3 Å². The number of ether oxygens (including phenoxy) is 1. The van der Waals surface area contributed by atoms with Gasteiger partial charge < -0.3 is 15.2 Å². The molecule has 0 aliphatic heterocycles. The molecule has 0 aromatic heterocycles. The molecule has 3 nitrogen and oxygen atoms in total. The van der Waals surface area contributed by atoms with Gasteiger partial charge in [0.05, 0.1) is 19.4 Å². The second kappa shape index (κ2) is 7.39. The first-order valence-electron chi connectivity index (χ1n) is 7.34. The third-order valence-electron chi connectivity index (χ3n) is 4.03. The predicted octanol–water partition coefficient (Wildman–Crippen LogP) is 3.44. The number of aliphatic hydroxyl groups is 1. The Morgan fingerprint density at radius 3 is 2.68 bits per heavy atom. The summed E-state index contributed by atoms with van der Waals surface area (Å²) in [6.07, 6.45) is 7.73. The highest BCUT2D eigenvalue weighted by molar-refractivity contribution is 5.56. The molecule has 1 unspecified atom stereocenters. The number of aliphatic hydroxyl groups excluding tert-OH is 1. The van der Waals surface area contributed by atoms with Crippen molar-refractivity contribution in [1.82, 2.24) is 0 Å². The van der Waals surface area contributed by atoms with Gasteiger partial charge >= 0.3 is 0 Å². The van der Waals surface area contributed by atoms with E-state index < -0.39 is 0 Å². The lowest BCUT2D eigenvalue weighted by molar-refractivity contribution is 0.236. The lowest BCUT2D eigenvalue weighted by Crippen LogP contribution is -2.27. The Bertz CT molecular complexity index is 375. The molecule has 0 radical (unpaired) electrons. The van der Waals surface area contributed by atoms with Crippen LogP contribution in [0.2, 0.25) is 0 Å². The van der Waals surface area contributed by atoms with Crippen LogP contribution in [0, 0.1) is 5.92 Å². The Hall–Kier alpha value is -1.22. The van der Waals surface area contributed by atoms with Crippen LogP contribution in [-0.4, -0.2) is 24.9 Å². The second-order valence-corrected chi connectivity index (χ2v) is 5.46. The molecule has 3 heteroatoms. The van der Waals surface area contributed by atoms with Gasteiger partial charge in [-0.15, -0.1) is 0 Å². The Morgan fingerprint density at radius 1 is 1.26 bits per heavy atom. The summed E-state index contributed by atoms with van der Waals surface area (Å²) in [5, 5.41) is 13.0. The number of methoxy groups -OCH3 is 1. The first-order chi connectivity index (χ1) is 9.33. The minimum Gasteiger partial charge on any atom is -0.495 e. The number of rotatable bonds is 6. The van der Waals surface area contributed by atoms with Gasteiger partial charge in [-0.1, -0.05) is 44.2 Å². The summed E-state index contributed by atoms with van der Waals surface area (Å²) in [7, 11) is 1.68. The van der Waals surface area contributed by atoms with Gasteiger partial charge in [-0.3, -0.25) is 0 Å². The molecule has 1 aromatic rings. The van der Waals surface area contributed by atoms with E-state index in [9.17, 15) is 5.11 Å². The monoisotopic (exact) mass is 263 g/mol. The Kier molecular flexibility index (Phi) is 5.52. The highest BCUT2D eigenvalue weighted by Crippen LogP contribution is 2.29. The number of nitrogens with one attached hydrogen (secondary N) is 1. The van der Waals surface area contributed by atoms with E-state index in [1.54, 1.807) is 7.11 Å². The summed E-state index contributed by atoms with van der Waals surface area (Å²) in [5.74, 6) is 1.60. The molecule has 0 heterocycles. The van der Waals surface area contributed by atoms with Crippen LogP contribution in [0.25, 0.3) is 0 Å². The van der Waals surface area contributed by atoms with Crippen LogP contribution in [0.5, 0.6) is 5.75 Å². The molecule has 1 aliphatic carbocycles. The maximum atomic E-state index is 9.58. The van der Waals surface area contributed by atoms with Gasteiger partial charge in [-0.05, 0) is 24.5 Å². The van der Waals surface area contributed by atoms with Crippen molar-refractivity contribution in [1.29, 1.82) is 0 Å². The average Bonchev–Trinajstić information content (AvgIpc) is 2.48. The van der Waals surface area contributed by atoms with E-state index in [2.05, 4.69) is 5.32 Å². The molecule has 1 atom stereocenters. The van der Waals surface area contributed by atoms with E-state index in [0.717, 1.165) is 23.8 Å². The first kappa shape index (κ1) is 14.2. The predicted molar refractivity (Wildman–Crippen MR) is 78.7 cm³/mol. The molecule has 0 saturated heterocycles. The van der Waals surface area contributed by atoms with Gasteiger partial charge in [0.2, 0.25) is 0 Å². The fourth-order valence-electron chi connectivity index (χ4n) is 2.99. The lowest BCUT2D eigenvalue weighted by atomic mass is 9.85. The number of hydrogen-bond donors (Lipinski definition) is 2. The van der Waals surface area contributed by atoms with Gasteiger partial charge in [0.25, 0.3) is 0 Å². The van der Waals surface area contributed by atoms with Crippen molar-refractivity contribution in [3.8, 4) is 5.75 Å². The third kappa shape index (κ3) is 4.13. The van der Waals surface area contributed by atoms with Gasteiger partial charge in [0, 0.05) is 6.04 Å². The fourth-order valence-corrected chi connectivity index (χ4v) is 2.99. The standard InChI is InChI=1S/C16H25NO2/c1-19-16-10-6-5-9-15(16)17-14(12-18)11-13-7-3-2-4-8-13/h5-6,9-10,13-14,17-18H,2-4,7-8,11-12H2,1H3. The Balaban J connectivity index is 1.94. The van der Waals surface area contributed by atoms with E-state index in [1.165, 1.54) is 32.1 Å². The minimum atomic E-state index is 0.124. The molecular formula is C16H25NO2. The molecule has 106 valence electrons. The van der Waals surface area contributed by atoms with Gasteiger partial charge in [0.1, 0.15) is 5.75 Å². The molecule has 2 rings (SSSR count). The highest BCUT2D eigenvalue weighted by Gasteiger charge is 2.19. The van der Waals surface area contributed by atoms with Crippen molar-refractivity contribution in [2.45, 2.75) is 44.6 Å². The zero-order chi connectivity index (χ0) is 13.5. The molecule has 1 aromatic carbocycles. The van der Waals surface area contributed by atoms with Crippen molar-refractivity contribution >= 4 is 5.69 Å². The van der Waals surface area contributed by atoms with Crippen LogP contribution < -0.4 is 10.1 Å². The quantitative estimate of drug-likeness (QED) is 0.826. The van der Waals surface area contributed by atoms with Crippen LogP contribution in [0.4, 0.5) is 5.69 Å². The Morgan fingerprint density at radius 2 is 2.00 bits per heavy atom. The average molecular weight is 263 g/mol. The van der Waals surface area contributed by atoms with E-state index in [4.69, 9.17) is 4.74 Å². The summed E-state index contributed by atoms with van der Waals surface area (Å²) in [6, 6.07) is 8.01. The first-order valence-corrected chi connectivity index (χ1v) is 7.34. The molecule has 1 saturated carbocycles. The number of anilines is 1. The van der Waals surface area contributed by atoms with Gasteiger partial charge in [-0.25, -0.2) is 0 Å². The SMILES string of the molecule is COc1ccccc1NC(CO)CC1CCCCC1. The second-order valence-electron chi connectivity index (χ2n) is 5.46.